The van der Waals surface area contributed by atoms with E-state index in [0.29, 0.717) is 28.8 Å². The second kappa shape index (κ2) is 10.2. The Morgan fingerprint density at radius 3 is 2.48 bits per heavy atom. The number of urea groups is 1. The van der Waals surface area contributed by atoms with Gasteiger partial charge in [0.25, 0.3) is 11.8 Å². The number of oxime groups is 1. The van der Waals surface area contributed by atoms with Crippen LogP contribution in [-0.4, -0.2) is 95.0 Å². The summed E-state index contributed by atoms with van der Waals surface area (Å²) in [6, 6.07) is 12.5. The number of rotatable bonds is 5. The highest BCUT2D eigenvalue weighted by Crippen LogP contribution is 2.29. The van der Waals surface area contributed by atoms with Crippen molar-refractivity contribution in [3.8, 4) is 17.6 Å². The monoisotopic (exact) mass is 542 g/mol. The number of nitrogens with zero attached hydrogens (tertiary/aromatic N) is 4. The second-order valence-corrected chi connectivity index (χ2v) is 10.5. The molecule has 40 heavy (non-hydrogen) atoms. The molecule has 0 aromatic heterocycles. The molecule has 206 valence electrons. The molecule has 1 atom stereocenters. The lowest BCUT2D eigenvalue weighted by molar-refractivity contribution is -0.122. The van der Waals surface area contributed by atoms with Crippen molar-refractivity contribution in [1.82, 2.24) is 25.3 Å². The van der Waals surface area contributed by atoms with E-state index in [9.17, 15) is 19.6 Å². The van der Waals surface area contributed by atoms with Gasteiger partial charge in [0.05, 0.1) is 13.7 Å². The molecule has 1 saturated carbocycles. The maximum absolute atomic E-state index is 13.1. The molecule has 6 rings (SSSR count). The molecule has 0 unspecified atom stereocenters. The zero-order valence-corrected chi connectivity index (χ0v) is 22.1. The third-order valence-corrected chi connectivity index (χ3v) is 7.90. The first-order chi connectivity index (χ1) is 19.4. The van der Waals surface area contributed by atoms with Gasteiger partial charge in [-0.25, -0.2) is 4.79 Å². The zero-order chi connectivity index (χ0) is 27.9. The van der Waals surface area contributed by atoms with Crippen LogP contribution in [0.3, 0.4) is 0 Å². The van der Waals surface area contributed by atoms with Gasteiger partial charge in [-0.3, -0.25) is 19.8 Å². The highest BCUT2D eigenvalue weighted by Gasteiger charge is 2.48. The van der Waals surface area contributed by atoms with Gasteiger partial charge in [-0.2, -0.15) is 0 Å². The largest absolute Gasteiger partial charge is 0.497 e. The molecule has 0 bridgehead atoms. The van der Waals surface area contributed by atoms with Crippen molar-refractivity contribution in [2.75, 3.05) is 39.8 Å². The van der Waals surface area contributed by atoms with E-state index >= 15 is 0 Å². The van der Waals surface area contributed by atoms with Crippen molar-refractivity contribution in [2.24, 2.45) is 5.16 Å². The average Bonchev–Trinajstić information content (AvgIpc) is 3.72. The van der Waals surface area contributed by atoms with E-state index < -0.39 is 17.5 Å². The Labute approximate surface area is 231 Å². The van der Waals surface area contributed by atoms with Crippen LogP contribution in [0.1, 0.15) is 39.9 Å². The predicted molar refractivity (Wildman–Crippen MR) is 145 cm³/mol. The molecule has 3 N–H and O–H groups in total. The lowest BCUT2D eigenvalue weighted by Crippen LogP contribution is -2.54. The second-order valence-electron chi connectivity index (χ2n) is 10.5. The van der Waals surface area contributed by atoms with E-state index in [0.717, 1.165) is 37.3 Å². The van der Waals surface area contributed by atoms with Crippen molar-refractivity contribution in [3.05, 3.63) is 64.7 Å². The Hall–Kier alpha value is -4.56. The molecular weight excluding hydrogens is 512 g/mol. The number of nitrogens with one attached hydrogen (secondary N) is 2. The maximum atomic E-state index is 13.1. The molecule has 2 aromatic carbocycles. The minimum atomic E-state index is -1.60. The molecular formula is C29H30N6O5. The Morgan fingerprint density at radius 1 is 1.10 bits per heavy atom. The van der Waals surface area contributed by atoms with Gasteiger partial charge < -0.3 is 25.1 Å². The van der Waals surface area contributed by atoms with Gasteiger partial charge >= 0.3 is 6.03 Å². The van der Waals surface area contributed by atoms with Gasteiger partial charge in [-0.05, 0) is 54.8 Å². The molecule has 4 aliphatic rings. The molecule has 3 fully saturated rings. The summed E-state index contributed by atoms with van der Waals surface area (Å²) in [5.74, 6) is 6.12. The summed E-state index contributed by atoms with van der Waals surface area (Å²) >= 11 is 0. The van der Waals surface area contributed by atoms with Crippen LogP contribution in [0.25, 0.3) is 0 Å². The number of fused-ring (bicyclic) bond motifs is 1. The zero-order valence-electron chi connectivity index (χ0n) is 22.1. The van der Waals surface area contributed by atoms with E-state index in [4.69, 9.17) is 4.74 Å². The number of imide groups is 1. The smallest absolute Gasteiger partial charge is 0.323 e. The van der Waals surface area contributed by atoms with Gasteiger partial charge in [-0.1, -0.05) is 23.1 Å². The molecule has 0 spiro atoms. The number of carbonyl (C=O) groups excluding carboxylic acids is 3. The first kappa shape index (κ1) is 25.7. The Kier molecular flexibility index (Phi) is 6.56. The van der Waals surface area contributed by atoms with Gasteiger partial charge in [0, 0.05) is 55.5 Å². The molecule has 0 radical (unpaired) electrons. The minimum absolute atomic E-state index is 0.111. The number of methoxy groups -OCH3 is 1. The summed E-state index contributed by atoms with van der Waals surface area (Å²) in [5.41, 5.74) is 1.07. The number of piperazine rings is 1. The van der Waals surface area contributed by atoms with Gasteiger partial charge in [0.2, 0.25) is 5.54 Å². The van der Waals surface area contributed by atoms with Crippen LogP contribution in [0.15, 0.2) is 47.6 Å². The van der Waals surface area contributed by atoms with Crippen LogP contribution >= 0.6 is 0 Å². The van der Waals surface area contributed by atoms with Crippen LogP contribution in [0.4, 0.5) is 4.79 Å². The van der Waals surface area contributed by atoms with Crippen molar-refractivity contribution in [1.29, 1.82) is 0 Å². The van der Waals surface area contributed by atoms with Crippen molar-refractivity contribution in [2.45, 2.75) is 31.0 Å². The number of hydrogen-bond acceptors (Lipinski definition) is 7. The highest BCUT2D eigenvalue weighted by atomic mass is 16.5. The van der Waals surface area contributed by atoms with E-state index in [1.807, 2.05) is 18.2 Å². The fourth-order valence-electron chi connectivity index (χ4n) is 5.54. The molecule has 3 heterocycles. The minimum Gasteiger partial charge on any atom is -0.497 e. The number of amidine groups is 1. The summed E-state index contributed by atoms with van der Waals surface area (Å²) < 4.78 is 5.23. The van der Waals surface area contributed by atoms with Gasteiger partial charge in [0.15, 0.2) is 5.84 Å². The summed E-state index contributed by atoms with van der Waals surface area (Å²) in [5, 5.41) is 18.2. The van der Waals surface area contributed by atoms with Crippen molar-refractivity contribution >= 4 is 23.7 Å². The topological polar surface area (TPSA) is 127 Å². The Bertz CT molecular complexity index is 1450. The predicted octanol–water partition coefficient (Wildman–Crippen LogP) is 1.20. The standard InChI is InChI=1S/C29H30N6O5/c1-40-23-9-6-21-17-35(26(36)24(21)16-23)18-29(27(37)30-28(38)31-29)11-10-19-2-4-20(5-3-19)25(32-39)34-14-12-33(13-15-34)22-7-8-22/h2-6,9,16,22,39H,7-8,12-15,17-18H2,1H3,(H2,30,31,37,38)/t29-/m1/s1. The molecule has 4 amide bonds. The van der Waals surface area contributed by atoms with Crippen LogP contribution < -0.4 is 15.4 Å². The fourth-order valence-corrected chi connectivity index (χ4v) is 5.54. The van der Waals surface area contributed by atoms with Crippen LogP contribution in [0.5, 0.6) is 5.75 Å². The van der Waals surface area contributed by atoms with E-state index in [-0.39, 0.29) is 19.0 Å². The fraction of sp³-hybridized carbons (Fsp3) is 0.379. The van der Waals surface area contributed by atoms with Gasteiger partial charge in [-0.15, -0.1) is 0 Å². The average molecular weight is 543 g/mol. The van der Waals surface area contributed by atoms with Crippen LogP contribution in [0.2, 0.25) is 0 Å². The Balaban J connectivity index is 1.18. The normalized spacial score (nSPS) is 22.9. The number of ether oxygens (including phenoxy) is 1. The molecule has 2 saturated heterocycles. The number of benzene rings is 2. The number of amides is 4. The first-order valence-electron chi connectivity index (χ1n) is 13.3. The lowest BCUT2D eigenvalue weighted by Gasteiger charge is -2.36. The summed E-state index contributed by atoms with van der Waals surface area (Å²) in [6.07, 6.45) is 2.54. The van der Waals surface area contributed by atoms with Crippen LogP contribution in [0, 0.1) is 11.8 Å². The quantitative estimate of drug-likeness (QED) is 0.129. The number of hydrogen-bond donors (Lipinski definition) is 3. The van der Waals surface area contributed by atoms with E-state index in [2.05, 4.69) is 37.4 Å². The molecule has 2 aromatic rings. The summed E-state index contributed by atoms with van der Waals surface area (Å²) in [6.45, 7) is 3.65. The molecule has 1 aliphatic carbocycles. The SMILES string of the molecule is COc1ccc2c(c1)C(=O)N(C[C@@]1(C#Cc3ccc(C(=NO)N4CCN(C5CC5)CC4)cc3)NC(=O)NC1=O)C2. The molecule has 11 heteroatoms. The third kappa shape index (κ3) is 4.82. The molecule has 3 aliphatic heterocycles. The lowest BCUT2D eigenvalue weighted by atomic mass is 9.99. The highest BCUT2D eigenvalue weighted by molar-refractivity contribution is 6.10. The summed E-state index contributed by atoms with van der Waals surface area (Å²) in [4.78, 5) is 44.2. The third-order valence-electron chi connectivity index (χ3n) is 7.90. The maximum Gasteiger partial charge on any atom is 0.323 e. The van der Waals surface area contributed by atoms with E-state index in [1.54, 1.807) is 24.3 Å². The Morgan fingerprint density at radius 2 is 1.85 bits per heavy atom. The first-order valence-corrected chi connectivity index (χ1v) is 13.3. The van der Waals surface area contributed by atoms with Crippen molar-refractivity contribution < 1.29 is 24.3 Å². The van der Waals surface area contributed by atoms with Gasteiger partial charge in [0.1, 0.15) is 5.75 Å². The van der Waals surface area contributed by atoms with Crippen molar-refractivity contribution in [3.63, 3.8) is 0 Å². The summed E-state index contributed by atoms with van der Waals surface area (Å²) in [7, 11) is 1.53. The van der Waals surface area contributed by atoms with E-state index in [1.165, 1.54) is 24.9 Å². The molecule has 11 nitrogen and oxygen atoms in total. The van der Waals surface area contributed by atoms with Crippen LogP contribution in [-0.2, 0) is 11.3 Å². The number of carbonyl (C=O) groups is 3.